The van der Waals surface area contributed by atoms with Gasteiger partial charge in [-0.15, -0.1) is 0 Å². The van der Waals surface area contributed by atoms with Gasteiger partial charge in [-0.1, -0.05) is 0 Å². The van der Waals surface area contributed by atoms with Crippen molar-refractivity contribution in [2.75, 3.05) is 6.61 Å². The minimum absolute atomic E-state index is 0.314. The molecule has 0 amide bonds. The zero-order valence-corrected chi connectivity index (χ0v) is 12.6. The number of carbonyl (C=O) groups is 1. The molecule has 0 aliphatic carbocycles. The molecule has 0 saturated carbocycles. The predicted molar refractivity (Wildman–Crippen MR) is 86.7 cm³/mol. The fraction of sp³-hybridized carbons (Fsp3) is 0.111. The summed E-state index contributed by atoms with van der Waals surface area (Å²) in [4.78, 5) is 24.8. The highest BCUT2D eigenvalue weighted by molar-refractivity contribution is 5.97. The maximum absolute atomic E-state index is 12.3. The Balaban J connectivity index is 2.12. The summed E-state index contributed by atoms with van der Waals surface area (Å²) < 4.78 is 5.17. The highest BCUT2D eigenvalue weighted by atomic mass is 16.5. The van der Waals surface area contributed by atoms with Crippen molar-refractivity contribution >= 4 is 5.97 Å². The van der Waals surface area contributed by atoms with Gasteiger partial charge in [0, 0.05) is 42.1 Å². The van der Waals surface area contributed by atoms with Gasteiger partial charge in [0.25, 0.3) is 0 Å². The number of aromatic nitrogens is 3. The quantitative estimate of drug-likeness (QED) is 0.691. The summed E-state index contributed by atoms with van der Waals surface area (Å²) in [7, 11) is 0. The van der Waals surface area contributed by atoms with Gasteiger partial charge in [-0.2, -0.15) is 0 Å². The van der Waals surface area contributed by atoms with E-state index in [0.717, 1.165) is 16.7 Å². The Kier molecular flexibility index (Phi) is 4.38. The molecule has 0 radical (unpaired) electrons. The third-order valence-electron chi connectivity index (χ3n) is 3.35. The first-order valence-electron chi connectivity index (χ1n) is 7.27. The molecule has 23 heavy (non-hydrogen) atoms. The van der Waals surface area contributed by atoms with E-state index >= 15 is 0 Å². The topological polar surface area (TPSA) is 65.0 Å². The van der Waals surface area contributed by atoms with E-state index in [9.17, 15) is 4.79 Å². The second-order valence-corrected chi connectivity index (χ2v) is 4.81. The van der Waals surface area contributed by atoms with E-state index in [4.69, 9.17) is 4.74 Å². The Labute approximate surface area is 134 Å². The molecule has 5 nitrogen and oxygen atoms in total. The Morgan fingerprint density at radius 3 is 2.17 bits per heavy atom. The van der Waals surface area contributed by atoms with Crippen molar-refractivity contribution in [3.05, 3.63) is 66.9 Å². The first-order chi connectivity index (χ1) is 11.3. The van der Waals surface area contributed by atoms with Crippen molar-refractivity contribution in [3.63, 3.8) is 0 Å². The van der Waals surface area contributed by atoms with Crippen molar-refractivity contribution in [1.29, 1.82) is 0 Å². The molecule has 3 aromatic heterocycles. The lowest BCUT2D eigenvalue weighted by atomic mass is 10.0. The molecular formula is C18H15N3O2. The lowest BCUT2D eigenvalue weighted by Gasteiger charge is -2.10. The number of hydrogen-bond acceptors (Lipinski definition) is 5. The van der Waals surface area contributed by atoms with Crippen LogP contribution in [0.2, 0.25) is 0 Å². The Bertz CT molecular complexity index is 805. The van der Waals surface area contributed by atoms with E-state index in [-0.39, 0.29) is 5.97 Å². The maximum Gasteiger partial charge on any atom is 0.340 e. The van der Waals surface area contributed by atoms with Crippen LogP contribution in [0.5, 0.6) is 0 Å². The zero-order valence-electron chi connectivity index (χ0n) is 12.6. The van der Waals surface area contributed by atoms with E-state index in [1.54, 1.807) is 44.0 Å². The van der Waals surface area contributed by atoms with E-state index in [1.807, 2.05) is 24.3 Å². The third-order valence-corrected chi connectivity index (χ3v) is 3.35. The number of hydrogen-bond donors (Lipinski definition) is 0. The number of pyridine rings is 3. The summed E-state index contributed by atoms with van der Waals surface area (Å²) in [5, 5.41) is 0. The fourth-order valence-corrected chi connectivity index (χ4v) is 2.27. The molecule has 3 aromatic rings. The summed E-state index contributed by atoms with van der Waals surface area (Å²) in [5.41, 5.74) is 3.63. The summed E-state index contributed by atoms with van der Waals surface area (Å²) in [6.07, 6.45) is 8.49. The SMILES string of the molecule is CCOC(=O)c1cc(-c2ccncc2)cnc1-c1ccncc1. The molecule has 0 atom stereocenters. The second kappa shape index (κ2) is 6.79. The van der Waals surface area contributed by atoms with Crippen LogP contribution in [0, 0.1) is 0 Å². The predicted octanol–water partition coefficient (Wildman–Crippen LogP) is 3.38. The van der Waals surface area contributed by atoms with Crippen LogP contribution in [0.1, 0.15) is 17.3 Å². The normalized spacial score (nSPS) is 10.3. The zero-order chi connectivity index (χ0) is 16.1. The molecule has 0 spiro atoms. The number of nitrogens with zero attached hydrogens (tertiary/aromatic N) is 3. The van der Waals surface area contributed by atoms with Crippen LogP contribution in [0.3, 0.4) is 0 Å². The van der Waals surface area contributed by atoms with E-state index in [1.165, 1.54) is 0 Å². The highest BCUT2D eigenvalue weighted by Crippen LogP contribution is 2.26. The first kappa shape index (κ1) is 14.8. The smallest absolute Gasteiger partial charge is 0.340 e. The van der Waals surface area contributed by atoms with Crippen LogP contribution in [-0.4, -0.2) is 27.5 Å². The minimum atomic E-state index is -0.386. The van der Waals surface area contributed by atoms with Gasteiger partial charge >= 0.3 is 5.97 Å². The van der Waals surface area contributed by atoms with E-state index < -0.39 is 0 Å². The largest absolute Gasteiger partial charge is 0.462 e. The first-order valence-corrected chi connectivity index (χ1v) is 7.27. The molecular weight excluding hydrogens is 290 g/mol. The van der Waals surface area contributed by atoms with Crippen LogP contribution >= 0.6 is 0 Å². The molecule has 114 valence electrons. The van der Waals surface area contributed by atoms with E-state index in [2.05, 4.69) is 15.0 Å². The van der Waals surface area contributed by atoms with Crippen LogP contribution in [0.15, 0.2) is 61.3 Å². The number of rotatable bonds is 4. The monoisotopic (exact) mass is 305 g/mol. The van der Waals surface area contributed by atoms with Crippen molar-refractivity contribution in [2.24, 2.45) is 0 Å². The van der Waals surface area contributed by atoms with E-state index in [0.29, 0.717) is 17.9 Å². The molecule has 0 N–H and O–H groups in total. The van der Waals surface area contributed by atoms with Gasteiger partial charge in [-0.05, 0) is 42.8 Å². The Morgan fingerprint density at radius 2 is 1.57 bits per heavy atom. The molecule has 0 saturated heterocycles. The standard InChI is InChI=1S/C18H15N3O2/c1-2-23-18(22)16-11-15(13-3-7-19-8-4-13)12-21-17(16)14-5-9-20-10-6-14/h3-12H,2H2,1H3. The molecule has 0 aromatic carbocycles. The van der Waals surface area contributed by atoms with Crippen LogP contribution in [0.4, 0.5) is 0 Å². The van der Waals surface area contributed by atoms with Gasteiger partial charge in [-0.3, -0.25) is 15.0 Å². The number of esters is 1. The number of carbonyl (C=O) groups excluding carboxylic acids is 1. The lowest BCUT2D eigenvalue weighted by molar-refractivity contribution is 0.0527. The summed E-state index contributed by atoms with van der Waals surface area (Å²) >= 11 is 0. The average Bonchev–Trinajstić information content (AvgIpc) is 2.63. The Morgan fingerprint density at radius 1 is 0.957 bits per heavy atom. The van der Waals surface area contributed by atoms with Gasteiger partial charge < -0.3 is 4.74 Å². The average molecular weight is 305 g/mol. The molecule has 3 rings (SSSR count). The Hall–Kier alpha value is -3.08. The van der Waals surface area contributed by atoms with Crippen molar-refractivity contribution < 1.29 is 9.53 Å². The minimum Gasteiger partial charge on any atom is -0.462 e. The molecule has 0 aliphatic heterocycles. The number of ether oxygens (including phenoxy) is 1. The summed E-state index contributed by atoms with van der Waals surface area (Å²) in [6.45, 7) is 2.10. The van der Waals surface area contributed by atoms with Crippen LogP contribution in [-0.2, 0) is 4.74 Å². The van der Waals surface area contributed by atoms with Gasteiger partial charge in [0.05, 0.1) is 17.9 Å². The molecule has 5 heteroatoms. The van der Waals surface area contributed by atoms with Gasteiger partial charge in [0.15, 0.2) is 0 Å². The van der Waals surface area contributed by atoms with Gasteiger partial charge in [0.1, 0.15) is 0 Å². The summed E-state index contributed by atoms with van der Waals surface area (Å²) in [5.74, 6) is -0.386. The van der Waals surface area contributed by atoms with Crippen LogP contribution < -0.4 is 0 Å². The molecule has 3 heterocycles. The van der Waals surface area contributed by atoms with Gasteiger partial charge in [-0.25, -0.2) is 4.79 Å². The second-order valence-electron chi connectivity index (χ2n) is 4.81. The molecule has 0 fully saturated rings. The molecule has 0 aliphatic rings. The fourth-order valence-electron chi connectivity index (χ4n) is 2.27. The maximum atomic E-state index is 12.3. The van der Waals surface area contributed by atoms with Crippen molar-refractivity contribution in [3.8, 4) is 22.4 Å². The molecule has 0 bridgehead atoms. The van der Waals surface area contributed by atoms with Crippen molar-refractivity contribution in [1.82, 2.24) is 15.0 Å². The van der Waals surface area contributed by atoms with Crippen LogP contribution in [0.25, 0.3) is 22.4 Å². The molecule has 0 unspecified atom stereocenters. The lowest BCUT2D eigenvalue weighted by Crippen LogP contribution is -2.08. The third kappa shape index (κ3) is 3.23. The summed E-state index contributed by atoms with van der Waals surface area (Å²) in [6, 6.07) is 9.18. The van der Waals surface area contributed by atoms with Gasteiger partial charge in [0.2, 0.25) is 0 Å². The highest BCUT2D eigenvalue weighted by Gasteiger charge is 2.17. The van der Waals surface area contributed by atoms with Crippen molar-refractivity contribution in [2.45, 2.75) is 6.92 Å².